The van der Waals surface area contributed by atoms with E-state index in [0.717, 1.165) is 10.9 Å². The zero-order valence-corrected chi connectivity index (χ0v) is 12.7. The Labute approximate surface area is 131 Å². The van der Waals surface area contributed by atoms with Crippen molar-refractivity contribution in [1.29, 1.82) is 0 Å². The number of rotatable bonds is 2. The molecular weight excluding hydrogens is 309 g/mol. The molecule has 0 unspecified atom stereocenters. The normalized spacial score (nSPS) is 17.0. The molecule has 0 atom stereocenters. The molecule has 1 fully saturated rings. The molecule has 1 saturated heterocycles. The SMILES string of the molecule is Cn1nc(C(=O)N2CCN(CC(F)(F)F)CC2)c2ccccc21. The number of aryl methyl sites for hydroxylation is 1. The summed E-state index contributed by atoms with van der Waals surface area (Å²) < 4.78 is 38.9. The number of fused-ring (bicyclic) bond motifs is 1. The van der Waals surface area contributed by atoms with Gasteiger partial charge in [0.2, 0.25) is 0 Å². The summed E-state index contributed by atoms with van der Waals surface area (Å²) in [5.74, 6) is -0.228. The van der Waals surface area contributed by atoms with Crippen LogP contribution in [0.2, 0.25) is 0 Å². The molecule has 1 amide bonds. The molecule has 0 bridgehead atoms. The fourth-order valence-corrected chi connectivity index (χ4v) is 2.88. The Morgan fingerprint density at radius 3 is 2.48 bits per heavy atom. The standard InChI is InChI=1S/C15H17F3N4O/c1-20-12-5-3-2-4-11(12)13(19-20)14(23)22-8-6-21(7-9-22)10-15(16,17)18/h2-5H,6-10H2,1H3. The monoisotopic (exact) mass is 326 g/mol. The van der Waals surface area contributed by atoms with Crippen LogP contribution in [-0.2, 0) is 7.05 Å². The number of piperazine rings is 1. The average molecular weight is 326 g/mol. The summed E-state index contributed by atoms with van der Waals surface area (Å²) >= 11 is 0. The molecule has 23 heavy (non-hydrogen) atoms. The number of para-hydroxylation sites is 1. The molecule has 0 N–H and O–H groups in total. The van der Waals surface area contributed by atoms with E-state index in [1.807, 2.05) is 24.3 Å². The number of carbonyl (C=O) groups excluding carboxylic acids is 1. The highest BCUT2D eigenvalue weighted by Gasteiger charge is 2.33. The third-order valence-corrected chi connectivity index (χ3v) is 4.02. The van der Waals surface area contributed by atoms with E-state index in [-0.39, 0.29) is 32.1 Å². The Morgan fingerprint density at radius 1 is 1.17 bits per heavy atom. The largest absolute Gasteiger partial charge is 0.401 e. The molecule has 0 radical (unpaired) electrons. The van der Waals surface area contributed by atoms with Gasteiger partial charge in [0.05, 0.1) is 12.1 Å². The zero-order valence-electron chi connectivity index (χ0n) is 12.7. The van der Waals surface area contributed by atoms with Gasteiger partial charge in [-0.25, -0.2) is 0 Å². The maximum atomic E-state index is 12.6. The minimum Gasteiger partial charge on any atom is -0.335 e. The summed E-state index contributed by atoms with van der Waals surface area (Å²) in [4.78, 5) is 15.5. The van der Waals surface area contributed by atoms with Crippen LogP contribution in [0.25, 0.3) is 10.9 Å². The first-order chi connectivity index (χ1) is 10.8. The average Bonchev–Trinajstić information content (AvgIpc) is 2.83. The van der Waals surface area contributed by atoms with Crippen LogP contribution < -0.4 is 0 Å². The van der Waals surface area contributed by atoms with Crippen LogP contribution in [0.1, 0.15) is 10.5 Å². The minimum atomic E-state index is -4.20. The summed E-state index contributed by atoms with van der Waals surface area (Å²) in [7, 11) is 1.76. The lowest BCUT2D eigenvalue weighted by Gasteiger charge is -2.34. The summed E-state index contributed by atoms with van der Waals surface area (Å²) in [5, 5.41) is 5.04. The van der Waals surface area contributed by atoms with Gasteiger partial charge in [-0.15, -0.1) is 0 Å². The number of halogens is 3. The summed E-state index contributed by atoms with van der Waals surface area (Å²) in [5.41, 5.74) is 1.21. The Hall–Kier alpha value is -2.09. The lowest BCUT2D eigenvalue weighted by Crippen LogP contribution is -2.51. The summed E-state index contributed by atoms with van der Waals surface area (Å²) in [6.07, 6.45) is -4.20. The Kier molecular flexibility index (Phi) is 4.01. The van der Waals surface area contributed by atoms with Crippen molar-refractivity contribution in [2.45, 2.75) is 6.18 Å². The molecule has 0 spiro atoms. The number of aromatic nitrogens is 2. The van der Waals surface area contributed by atoms with Crippen LogP contribution >= 0.6 is 0 Å². The Balaban J connectivity index is 1.72. The molecule has 124 valence electrons. The van der Waals surface area contributed by atoms with Crippen molar-refractivity contribution in [1.82, 2.24) is 19.6 Å². The molecule has 2 aromatic rings. The Morgan fingerprint density at radius 2 is 1.83 bits per heavy atom. The van der Waals surface area contributed by atoms with E-state index in [1.54, 1.807) is 16.6 Å². The van der Waals surface area contributed by atoms with Crippen molar-refractivity contribution in [2.24, 2.45) is 7.05 Å². The van der Waals surface area contributed by atoms with Gasteiger partial charge in [-0.1, -0.05) is 18.2 Å². The van der Waals surface area contributed by atoms with Crippen LogP contribution in [0.15, 0.2) is 24.3 Å². The number of carbonyl (C=O) groups is 1. The van der Waals surface area contributed by atoms with Gasteiger partial charge in [0.15, 0.2) is 5.69 Å². The van der Waals surface area contributed by atoms with Crippen LogP contribution in [-0.4, -0.2) is 64.4 Å². The topological polar surface area (TPSA) is 41.4 Å². The maximum Gasteiger partial charge on any atom is 0.401 e. The van der Waals surface area contributed by atoms with Crippen LogP contribution in [0, 0.1) is 0 Å². The predicted octanol–water partition coefficient (Wildman–Crippen LogP) is 1.89. The van der Waals surface area contributed by atoms with Crippen LogP contribution in [0.3, 0.4) is 0 Å². The lowest BCUT2D eigenvalue weighted by molar-refractivity contribution is -0.148. The molecule has 5 nitrogen and oxygen atoms in total. The first-order valence-corrected chi connectivity index (χ1v) is 7.35. The minimum absolute atomic E-state index is 0.218. The highest BCUT2D eigenvalue weighted by Crippen LogP contribution is 2.21. The van der Waals surface area contributed by atoms with E-state index in [9.17, 15) is 18.0 Å². The van der Waals surface area contributed by atoms with E-state index >= 15 is 0 Å². The van der Waals surface area contributed by atoms with Crippen LogP contribution in [0.4, 0.5) is 13.2 Å². The molecule has 1 aromatic heterocycles. The van der Waals surface area contributed by atoms with Crippen molar-refractivity contribution < 1.29 is 18.0 Å². The first-order valence-electron chi connectivity index (χ1n) is 7.35. The van der Waals surface area contributed by atoms with Gasteiger partial charge in [0.1, 0.15) is 0 Å². The molecule has 0 saturated carbocycles. The van der Waals surface area contributed by atoms with E-state index in [1.165, 1.54) is 4.90 Å². The number of amides is 1. The van der Waals surface area contributed by atoms with Crippen LogP contribution in [0.5, 0.6) is 0 Å². The molecule has 2 heterocycles. The second-order valence-corrected chi connectivity index (χ2v) is 5.67. The Bertz CT molecular complexity index is 717. The number of alkyl halides is 3. The quantitative estimate of drug-likeness (QED) is 0.846. The number of hydrogen-bond acceptors (Lipinski definition) is 3. The van der Waals surface area contributed by atoms with E-state index < -0.39 is 12.7 Å². The van der Waals surface area contributed by atoms with E-state index in [0.29, 0.717) is 5.69 Å². The molecule has 0 aliphatic carbocycles. The van der Waals surface area contributed by atoms with Crippen molar-refractivity contribution in [3.8, 4) is 0 Å². The first kappa shape index (κ1) is 15.8. The third kappa shape index (κ3) is 3.31. The smallest absolute Gasteiger partial charge is 0.335 e. The molecule has 8 heteroatoms. The van der Waals surface area contributed by atoms with Gasteiger partial charge in [-0.2, -0.15) is 18.3 Å². The molecule has 3 rings (SSSR count). The number of hydrogen-bond donors (Lipinski definition) is 0. The summed E-state index contributed by atoms with van der Waals surface area (Å²) in [6.45, 7) is 0.0627. The van der Waals surface area contributed by atoms with Gasteiger partial charge in [-0.05, 0) is 6.07 Å². The van der Waals surface area contributed by atoms with Gasteiger partial charge in [-0.3, -0.25) is 14.4 Å². The van der Waals surface area contributed by atoms with Crippen molar-refractivity contribution in [3.63, 3.8) is 0 Å². The number of nitrogens with zero attached hydrogens (tertiary/aromatic N) is 4. The third-order valence-electron chi connectivity index (χ3n) is 4.02. The highest BCUT2D eigenvalue weighted by atomic mass is 19.4. The molecular formula is C15H17F3N4O. The second-order valence-electron chi connectivity index (χ2n) is 5.67. The van der Waals surface area contributed by atoms with E-state index in [4.69, 9.17) is 0 Å². The van der Waals surface area contributed by atoms with Gasteiger partial charge in [0.25, 0.3) is 5.91 Å². The lowest BCUT2D eigenvalue weighted by atomic mass is 10.2. The fraction of sp³-hybridized carbons (Fsp3) is 0.467. The van der Waals surface area contributed by atoms with E-state index in [2.05, 4.69) is 5.10 Å². The van der Waals surface area contributed by atoms with Gasteiger partial charge < -0.3 is 4.90 Å². The van der Waals surface area contributed by atoms with Crippen molar-refractivity contribution >= 4 is 16.8 Å². The van der Waals surface area contributed by atoms with Crippen molar-refractivity contribution in [3.05, 3.63) is 30.0 Å². The maximum absolute atomic E-state index is 12.6. The van der Waals surface area contributed by atoms with Crippen molar-refractivity contribution in [2.75, 3.05) is 32.7 Å². The summed E-state index contributed by atoms with van der Waals surface area (Å²) in [6, 6.07) is 7.41. The van der Waals surface area contributed by atoms with Gasteiger partial charge in [0, 0.05) is 38.6 Å². The second kappa shape index (κ2) is 5.84. The zero-order chi connectivity index (χ0) is 16.6. The molecule has 1 aliphatic rings. The highest BCUT2D eigenvalue weighted by molar-refractivity contribution is 6.04. The predicted molar refractivity (Wildman–Crippen MR) is 79.1 cm³/mol. The number of benzene rings is 1. The fourth-order valence-electron chi connectivity index (χ4n) is 2.88. The van der Waals surface area contributed by atoms with Gasteiger partial charge >= 0.3 is 6.18 Å². The molecule has 1 aliphatic heterocycles. The molecule has 1 aromatic carbocycles.